The number of benzene rings is 1. The number of rotatable bonds is 4. The molecule has 0 saturated carbocycles. The van der Waals surface area contributed by atoms with Crippen LogP contribution < -0.4 is 5.32 Å². The highest BCUT2D eigenvalue weighted by Gasteiger charge is 2.51. The number of nitrogens with one attached hydrogen (secondary N) is 1. The fourth-order valence-electron chi connectivity index (χ4n) is 4.24. The summed E-state index contributed by atoms with van der Waals surface area (Å²) in [6.45, 7) is 3.16. The summed E-state index contributed by atoms with van der Waals surface area (Å²) in [5.74, 6) is 2.63. The number of hydrogen-bond acceptors (Lipinski definition) is 6. The molecule has 3 heterocycles. The van der Waals surface area contributed by atoms with Crippen molar-refractivity contribution in [3.63, 3.8) is 0 Å². The third-order valence-electron chi connectivity index (χ3n) is 5.78. The van der Waals surface area contributed by atoms with Gasteiger partial charge in [-0.3, -0.25) is 14.9 Å². The van der Waals surface area contributed by atoms with Crippen molar-refractivity contribution in [1.82, 2.24) is 24.7 Å². The summed E-state index contributed by atoms with van der Waals surface area (Å²) in [5, 5.41) is 7.50. The quantitative estimate of drug-likeness (QED) is 0.774. The Bertz CT molecular complexity index is 943. The summed E-state index contributed by atoms with van der Waals surface area (Å²) >= 11 is 1.13. The molecule has 0 bridgehead atoms. The normalized spacial score (nSPS) is 20.8. The monoisotopic (exact) mass is 409 g/mol. The minimum absolute atomic E-state index is 0.0362. The number of aromatic nitrogens is 2. The molecule has 29 heavy (non-hydrogen) atoms. The van der Waals surface area contributed by atoms with Gasteiger partial charge in [0.1, 0.15) is 4.88 Å². The van der Waals surface area contributed by atoms with E-state index in [0.29, 0.717) is 42.9 Å². The van der Waals surface area contributed by atoms with Crippen LogP contribution in [-0.4, -0.2) is 62.5 Å². The van der Waals surface area contributed by atoms with E-state index in [0.717, 1.165) is 17.1 Å². The molecule has 2 aromatic rings. The van der Waals surface area contributed by atoms with Gasteiger partial charge in [0, 0.05) is 25.9 Å². The van der Waals surface area contributed by atoms with E-state index in [4.69, 9.17) is 6.42 Å². The number of nitrogens with zero attached hydrogens (tertiary/aromatic N) is 4. The van der Waals surface area contributed by atoms with Gasteiger partial charge in [-0.25, -0.2) is 0 Å². The van der Waals surface area contributed by atoms with Crippen LogP contribution in [0.2, 0.25) is 0 Å². The van der Waals surface area contributed by atoms with Gasteiger partial charge in [-0.1, -0.05) is 40.7 Å². The first-order chi connectivity index (χ1) is 14.0. The van der Waals surface area contributed by atoms with Crippen LogP contribution in [-0.2, 0) is 11.2 Å². The maximum atomic E-state index is 13.1. The van der Waals surface area contributed by atoms with E-state index in [1.165, 1.54) is 0 Å². The van der Waals surface area contributed by atoms with E-state index in [-0.39, 0.29) is 24.4 Å². The molecular formula is C21H23N5O2S. The second-order valence-corrected chi connectivity index (χ2v) is 8.28. The zero-order valence-corrected chi connectivity index (χ0v) is 17.1. The van der Waals surface area contributed by atoms with Crippen LogP contribution in [0.4, 0.5) is 0 Å². The number of amides is 2. The largest absolute Gasteiger partial charge is 0.338 e. The minimum Gasteiger partial charge on any atom is -0.338 e. The lowest BCUT2D eigenvalue weighted by Gasteiger charge is -2.44. The van der Waals surface area contributed by atoms with E-state index in [9.17, 15) is 9.59 Å². The van der Waals surface area contributed by atoms with E-state index in [1.54, 1.807) is 11.8 Å². The predicted molar refractivity (Wildman–Crippen MR) is 110 cm³/mol. The van der Waals surface area contributed by atoms with E-state index in [2.05, 4.69) is 20.8 Å². The summed E-state index contributed by atoms with van der Waals surface area (Å²) in [5.41, 5.74) is 1.27. The number of hydrogen-bond donors (Lipinski definition) is 1. The van der Waals surface area contributed by atoms with Gasteiger partial charge in [0.15, 0.2) is 0 Å². The highest BCUT2D eigenvalue weighted by atomic mass is 32.1. The van der Waals surface area contributed by atoms with Crippen molar-refractivity contribution in [2.45, 2.75) is 37.9 Å². The Hall–Kier alpha value is -2.76. The van der Waals surface area contributed by atoms with E-state index in [1.807, 2.05) is 35.2 Å². The molecule has 1 aromatic carbocycles. The Kier molecular flexibility index (Phi) is 5.35. The highest BCUT2D eigenvalue weighted by Crippen LogP contribution is 2.33. The van der Waals surface area contributed by atoms with Crippen molar-refractivity contribution < 1.29 is 9.59 Å². The summed E-state index contributed by atoms with van der Waals surface area (Å²) in [4.78, 5) is 30.1. The first-order valence-electron chi connectivity index (χ1n) is 9.69. The Balaban J connectivity index is 1.49. The molecule has 1 atom stereocenters. The van der Waals surface area contributed by atoms with Gasteiger partial charge >= 0.3 is 0 Å². The predicted octanol–water partition coefficient (Wildman–Crippen LogP) is 1.46. The van der Waals surface area contributed by atoms with Crippen LogP contribution in [0.1, 0.15) is 33.8 Å². The molecule has 1 spiro atoms. The molecule has 1 N–H and O–H groups in total. The van der Waals surface area contributed by atoms with Crippen molar-refractivity contribution in [2.75, 3.05) is 19.6 Å². The third-order valence-corrected chi connectivity index (χ3v) is 6.60. The Morgan fingerprint density at radius 2 is 2.07 bits per heavy atom. The fraction of sp³-hybridized carbons (Fsp3) is 0.429. The van der Waals surface area contributed by atoms with Gasteiger partial charge in [0.25, 0.3) is 5.91 Å². The molecule has 1 aromatic heterocycles. The van der Waals surface area contributed by atoms with Crippen molar-refractivity contribution in [3.05, 3.63) is 46.5 Å². The highest BCUT2D eigenvalue weighted by molar-refractivity contribution is 7.07. The second-order valence-electron chi connectivity index (χ2n) is 7.53. The molecule has 7 nitrogen and oxygen atoms in total. The summed E-state index contributed by atoms with van der Waals surface area (Å²) < 4.78 is 3.86. The van der Waals surface area contributed by atoms with Crippen molar-refractivity contribution in [3.8, 4) is 12.3 Å². The van der Waals surface area contributed by atoms with Crippen LogP contribution in [0.15, 0.2) is 30.3 Å². The van der Waals surface area contributed by atoms with Crippen molar-refractivity contribution >= 4 is 23.3 Å². The lowest BCUT2D eigenvalue weighted by atomic mass is 9.95. The molecule has 2 aliphatic heterocycles. The molecule has 2 aliphatic rings. The van der Waals surface area contributed by atoms with Crippen LogP contribution >= 0.6 is 11.5 Å². The van der Waals surface area contributed by atoms with Crippen LogP contribution in [0.5, 0.6) is 0 Å². The van der Waals surface area contributed by atoms with Crippen molar-refractivity contribution in [2.24, 2.45) is 0 Å². The molecule has 1 unspecified atom stereocenters. The lowest BCUT2D eigenvalue weighted by molar-refractivity contribution is -0.132. The molecule has 2 fully saturated rings. The van der Waals surface area contributed by atoms with E-state index < -0.39 is 5.66 Å². The lowest BCUT2D eigenvalue weighted by Crippen LogP contribution is -2.59. The topological polar surface area (TPSA) is 78.4 Å². The maximum absolute atomic E-state index is 13.1. The smallest absolute Gasteiger partial charge is 0.267 e. The summed E-state index contributed by atoms with van der Waals surface area (Å²) in [6, 6.07) is 9.66. The Morgan fingerprint density at radius 3 is 2.69 bits per heavy atom. The van der Waals surface area contributed by atoms with Gasteiger partial charge in [-0.2, -0.15) is 0 Å². The first kappa shape index (κ1) is 19.6. The molecular weight excluding hydrogens is 386 g/mol. The third kappa shape index (κ3) is 3.63. The fourth-order valence-corrected chi connectivity index (χ4v) is 4.86. The zero-order chi connectivity index (χ0) is 20.4. The number of carbonyl (C=O) groups is 2. The number of aryl methyl sites for hydroxylation is 1. The average molecular weight is 410 g/mol. The summed E-state index contributed by atoms with van der Waals surface area (Å²) in [6.07, 6.45) is 7.47. The number of carbonyl (C=O) groups excluding carboxylic acids is 2. The molecule has 2 saturated heterocycles. The van der Waals surface area contributed by atoms with Gasteiger partial charge in [-0.05, 0) is 30.4 Å². The molecule has 8 heteroatoms. The number of piperidine rings is 1. The number of likely N-dealkylation sites (tertiary alicyclic amines) is 1. The first-order valence-corrected chi connectivity index (χ1v) is 10.5. The van der Waals surface area contributed by atoms with E-state index >= 15 is 0 Å². The maximum Gasteiger partial charge on any atom is 0.267 e. The van der Waals surface area contributed by atoms with Gasteiger partial charge < -0.3 is 9.80 Å². The molecule has 150 valence electrons. The molecule has 0 radical (unpaired) electrons. The van der Waals surface area contributed by atoms with Crippen molar-refractivity contribution in [1.29, 1.82) is 0 Å². The van der Waals surface area contributed by atoms with Gasteiger partial charge in [0.2, 0.25) is 5.91 Å². The average Bonchev–Trinajstić information content (AvgIpc) is 3.26. The molecule has 2 amide bonds. The summed E-state index contributed by atoms with van der Waals surface area (Å²) in [7, 11) is 0. The second kappa shape index (κ2) is 7.93. The van der Waals surface area contributed by atoms with Crippen LogP contribution in [0, 0.1) is 19.3 Å². The van der Waals surface area contributed by atoms with Gasteiger partial charge in [0.05, 0.1) is 23.9 Å². The van der Waals surface area contributed by atoms with Crippen LogP contribution in [0.3, 0.4) is 0 Å². The zero-order valence-electron chi connectivity index (χ0n) is 16.3. The standard InChI is InChI=1S/C21H23N5O2S/c1-3-11-26-19(27)17(14-16-7-5-4-6-8-16)22-21(26)9-12-25(13-10-21)20(28)18-15(2)23-24-29-18/h1,4-8,17,22H,9-14H2,2H3. The number of terminal acetylenes is 1. The Morgan fingerprint density at radius 1 is 1.34 bits per heavy atom. The SMILES string of the molecule is C#CCN1C(=O)C(Cc2ccccc2)NC12CCN(C(=O)c1snnc1C)CC2. The Labute approximate surface area is 174 Å². The van der Waals surface area contributed by atoms with Crippen LogP contribution in [0.25, 0.3) is 0 Å². The molecule has 4 rings (SSSR count). The minimum atomic E-state index is -0.499. The van der Waals surface area contributed by atoms with Gasteiger partial charge in [-0.15, -0.1) is 11.5 Å². The molecule has 0 aliphatic carbocycles.